The molecular formula is C28H27N5O3. The molecule has 36 heavy (non-hydrogen) atoms. The molecule has 1 aliphatic rings. The van der Waals surface area contributed by atoms with Gasteiger partial charge >= 0.3 is 5.97 Å². The first-order chi connectivity index (χ1) is 17.5. The predicted molar refractivity (Wildman–Crippen MR) is 139 cm³/mol. The van der Waals surface area contributed by atoms with Gasteiger partial charge in [-0.25, -0.2) is 14.8 Å². The molecule has 2 N–H and O–H groups in total. The van der Waals surface area contributed by atoms with E-state index in [4.69, 9.17) is 0 Å². The highest BCUT2D eigenvalue weighted by atomic mass is 16.4. The topological polar surface area (TPSA) is 108 Å². The van der Waals surface area contributed by atoms with Crippen LogP contribution < -0.4 is 10.2 Å². The largest absolute Gasteiger partial charge is 0.478 e. The van der Waals surface area contributed by atoms with Gasteiger partial charge in [0.1, 0.15) is 0 Å². The number of hydrogen-bond donors (Lipinski definition) is 2. The third kappa shape index (κ3) is 5.02. The van der Waals surface area contributed by atoms with Crippen LogP contribution in [0.15, 0.2) is 73.2 Å². The van der Waals surface area contributed by atoms with E-state index in [0.29, 0.717) is 5.95 Å². The zero-order chi connectivity index (χ0) is 25.1. The summed E-state index contributed by atoms with van der Waals surface area (Å²) in [5.74, 6) is -0.370. The average molecular weight is 482 g/mol. The van der Waals surface area contributed by atoms with Crippen LogP contribution in [0.25, 0.3) is 22.0 Å². The van der Waals surface area contributed by atoms with Crippen molar-refractivity contribution in [2.24, 2.45) is 0 Å². The monoisotopic (exact) mass is 481 g/mol. The zero-order valence-corrected chi connectivity index (χ0v) is 20.0. The molecule has 0 saturated heterocycles. The summed E-state index contributed by atoms with van der Waals surface area (Å²) in [6.45, 7) is 1.60. The van der Waals surface area contributed by atoms with E-state index in [2.05, 4.69) is 20.3 Å². The fourth-order valence-corrected chi connectivity index (χ4v) is 4.88. The van der Waals surface area contributed by atoms with Gasteiger partial charge in [-0.1, -0.05) is 30.3 Å². The summed E-state index contributed by atoms with van der Waals surface area (Å²) >= 11 is 0. The van der Waals surface area contributed by atoms with Crippen molar-refractivity contribution in [3.8, 4) is 11.1 Å². The molecule has 1 saturated carbocycles. The molecule has 4 aromatic rings. The van der Waals surface area contributed by atoms with E-state index < -0.39 is 5.97 Å². The standard InChI is InChI=1S/C28H27N5O3/c1-18(34)33(24-10-6-19(7-11-24)21-14-22(27(35)36)16-29-15-21)25-12-8-23(9-13-25)31-28-30-17-20-4-2-3-5-26(20)32-28/h2-7,10-11,14-17,23,25H,8-9,12-13H2,1H3,(H,35,36)(H,30,31,32). The molecule has 2 heterocycles. The van der Waals surface area contributed by atoms with Gasteiger partial charge < -0.3 is 15.3 Å². The number of benzene rings is 2. The number of amides is 1. The summed E-state index contributed by atoms with van der Waals surface area (Å²) < 4.78 is 0. The molecule has 2 aromatic carbocycles. The Labute approximate surface area is 209 Å². The summed E-state index contributed by atoms with van der Waals surface area (Å²) in [5.41, 5.74) is 3.46. The first-order valence-electron chi connectivity index (χ1n) is 12.0. The molecule has 1 aliphatic carbocycles. The molecular weight excluding hydrogens is 454 g/mol. The van der Waals surface area contributed by atoms with Crippen LogP contribution in [-0.2, 0) is 4.79 Å². The SMILES string of the molecule is CC(=O)N(c1ccc(-c2cncc(C(=O)O)c2)cc1)C1CCC(Nc2ncc3ccccc3n2)CC1. The van der Waals surface area contributed by atoms with E-state index >= 15 is 0 Å². The second-order valence-electron chi connectivity index (χ2n) is 9.11. The van der Waals surface area contributed by atoms with Crippen LogP contribution in [0.5, 0.6) is 0 Å². The maximum absolute atomic E-state index is 12.6. The fourth-order valence-electron chi connectivity index (χ4n) is 4.88. The second kappa shape index (κ2) is 10.1. The number of para-hydroxylation sites is 1. The number of fused-ring (bicyclic) bond motifs is 1. The van der Waals surface area contributed by atoms with Crippen LogP contribution in [-0.4, -0.2) is 44.0 Å². The van der Waals surface area contributed by atoms with Crippen molar-refractivity contribution < 1.29 is 14.7 Å². The number of aromatic carboxylic acids is 1. The normalized spacial score (nSPS) is 17.5. The summed E-state index contributed by atoms with van der Waals surface area (Å²) in [6, 6.07) is 17.5. The lowest BCUT2D eigenvalue weighted by Crippen LogP contribution is -2.43. The first kappa shape index (κ1) is 23.4. The number of nitrogens with one attached hydrogen (secondary N) is 1. The van der Waals surface area contributed by atoms with Gasteiger partial charge in [0.2, 0.25) is 11.9 Å². The molecule has 8 heteroatoms. The maximum Gasteiger partial charge on any atom is 0.337 e. The Morgan fingerprint density at radius 3 is 2.42 bits per heavy atom. The van der Waals surface area contributed by atoms with Crippen molar-refractivity contribution in [3.05, 3.63) is 78.8 Å². The van der Waals surface area contributed by atoms with Crippen LogP contribution in [0, 0.1) is 0 Å². The summed E-state index contributed by atoms with van der Waals surface area (Å²) in [5, 5.41) is 13.7. The molecule has 182 valence electrons. The van der Waals surface area contributed by atoms with Gasteiger partial charge in [-0.05, 0) is 55.5 Å². The highest BCUT2D eigenvalue weighted by Gasteiger charge is 2.28. The van der Waals surface area contributed by atoms with Crippen molar-refractivity contribution >= 4 is 34.4 Å². The average Bonchev–Trinajstić information content (AvgIpc) is 2.90. The Balaban J connectivity index is 1.25. The van der Waals surface area contributed by atoms with Gasteiger partial charge in [0, 0.05) is 54.2 Å². The first-order valence-corrected chi connectivity index (χ1v) is 12.0. The van der Waals surface area contributed by atoms with Gasteiger partial charge in [0.15, 0.2) is 0 Å². The molecule has 2 aromatic heterocycles. The molecule has 5 rings (SSSR count). The quantitative estimate of drug-likeness (QED) is 0.391. The molecule has 1 amide bonds. The van der Waals surface area contributed by atoms with E-state index in [1.165, 1.54) is 6.20 Å². The van der Waals surface area contributed by atoms with Crippen molar-refractivity contribution in [1.29, 1.82) is 0 Å². The van der Waals surface area contributed by atoms with Crippen LogP contribution in [0.1, 0.15) is 43.0 Å². The number of hydrogen-bond acceptors (Lipinski definition) is 6. The smallest absolute Gasteiger partial charge is 0.337 e. The maximum atomic E-state index is 12.6. The minimum Gasteiger partial charge on any atom is -0.478 e. The predicted octanol–water partition coefficient (Wildman–Crippen LogP) is 5.17. The molecule has 0 spiro atoms. The molecule has 0 atom stereocenters. The van der Waals surface area contributed by atoms with Gasteiger partial charge in [-0.3, -0.25) is 9.78 Å². The molecule has 0 unspecified atom stereocenters. The molecule has 0 bridgehead atoms. The van der Waals surface area contributed by atoms with E-state index in [-0.39, 0.29) is 23.6 Å². The number of anilines is 2. The molecule has 0 radical (unpaired) electrons. The van der Waals surface area contributed by atoms with Gasteiger partial charge in [0.25, 0.3) is 0 Å². The summed E-state index contributed by atoms with van der Waals surface area (Å²) in [7, 11) is 0. The Bertz CT molecular complexity index is 1400. The van der Waals surface area contributed by atoms with Gasteiger partial charge in [-0.2, -0.15) is 0 Å². The Kier molecular flexibility index (Phi) is 6.58. The molecule has 8 nitrogen and oxygen atoms in total. The van der Waals surface area contributed by atoms with Gasteiger partial charge in [0.05, 0.1) is 11.1 Å². The van der Waals surface area contributed by atoms with E-state index in [0.717, 1.165) is 53.4 Å². The van der Waals surface area contributed by atoms with Crippen molar-refractivity contribution in [1.82, 2.24) is 15.0 Å². The third-order valence-electron chi connectivity index (χ3n) is 6.69. The zero-order valence-electron chi connectivity index (χ0n) is 20.0. The van der Waals surface area contributed by atoms with Crippen molar-refractivity contribution in [2.45, 2.75) is 44.7 Å². The lowest BCUT2D eigenvalue weighted by molar-refractivity contribution is -0.117. The van der Waals surface area contributed by atoms with Crippen LogP contribution >= 0.6 is 0 Å². The molecule has 0 aliphatic heterocycles. The number of carboxylic acids is 1. The number of carboxylic acid groups (broad SMARTS) is 1. The minimum atomic E-state index is -1.01. The van der Waals surface area contributed by atoms with E-state index in [9.17, 15) is 14.7 Å². The number of pyridine rings is 1. The van der Waals surface area contributed by atoms with Crippen molar-refractivity contribution in [3.63, 3.8) is 0 Å². The summed E-state index contributed by atoms with van der Waals surface area (Å²) in [6.07, 6.45) is 8.37. The fraction of sp³-hybridized carbons (Fsp3) is 0.250. The van der Waals surface area contributed by atoms with Crippen molar-refractivity contribution in [2.75, 3.05) is 10.2 Å². The van der Waals surface area contributed by atoms with E-state index in [1.807, 2.05) is 59.6 Å². The Hall–Kier alpha value is -4.33. The number of nitrogens with zero attached hydrogens (tertiary/aromatic N) is 4. The Morgan fingerprint density at radius 1 is 0.944 bits per heavy atom. The number of rotatable bonds is 6. The number of carbonyl (C=O) groups is 2. The van der Waals surface area contributed by atoms with E-state index in [1.54, 1.807) is 19.2 Å². The lowest BCUT2D eigenvalue weighted by Gasteiger charge is -2.36. The summed E-state index contributed by atoms with van der Waals surface area (Å²) in [4.78, 5) is 38.9. The van der Waals surface area contributed by atoms with Crippen LogP contribution in [0.4, 0.5) is 11.6 Å². The van der Waals surface area contributed by atoms with Crippen LogP contribution in [0.3, 0.4) is 0 Å². The highest BCUT2D eigenvalue weighted by molar-refractivity contribution is 5.93. The minimum absolute atomic E-state index is 0.00608. The molecule has 1 fully saturated rings. The highest BCUT2D eigenvalue weighted by Crippen LogP contribution is 2.31. The Morgan fingerprint density at radius 2 is 1.69 bits per heavy atom. The third-order valence-corrected chi connectivity index (χ3v) is 6.69. The van der Waals surface area contributed by atoms with Crippen LogP contribution in [0.2, 0.25) is 0 Å². The number of aromatic nitrogens is 3. The van der Waals surface area contributed by atoms with Gasteiger partial charge in [-0.15, -0.1) is 0 Å². The second-order valence-corrected chi connectivity index (χ2v) is 9.11. The number of carbonyl (C=O) groups excluding carboxylic acids is 1. The lowest BCUT2D eigenvalue weighted by atomic mass is 9.89.